The van der Waals surface area contributed by atoms with E-state index in [1.54, 1.807) is 16.9 Å². The van der Waals surface area contributed by atoms with Crippen molar-refractivity contribution in [3.05, 3.63) is 53.9 Å². The molecule has 1 amide bonds. The van der Waals surface area contributed by atoms with Crippen molar-refractivity contribution in [1.82, 2.24) is 14.7 Å². The highest BCUT2D eigenvalue weighted by Crippen LogP contribution is 2.33. The Bertz CT molecular complexity index is 682. The van der Waals surface area contributed by atoms with Crippen molar-refractivity contribution in [2.24, 2.45) is 0 Å². The van der Waals surface area contributed by atoms with Crippen LogP contribution in [-0.2, 0) is 6.18 Å². The number of hydrogen-bond acceptors (Lipinski definition) is 2. The second kappa shape index (κ2) is 6.06. The van der Waals surface area contributed by atoms with Crippen LogP contribution >= 0.6 is 0 Å². The topological polar surface area (TPSA) is 38.1 Å². The number of halogens is 3. The molecule has 2 heterocycles. The second-order valence-corrected chi connectivity index (χ2v) is 5.58. The van der Waals surface area contributed by atoms with Gasteiger partial charge >= 0.3 is 6.18 Å². The molecule has 4 nitrogen and oxygen atoms in total. The van der Waals surface area contributed by atoms with Gasteiger partial charge < -0.3 is 4.90 Å². The monoisotopic (exact) mass is 323 g/mol. The van der Waals surface area contributed by atoms with Gasteiger partial charge in [-0.1, -0.05) is 12.1 Å². The first-order valence-electron chi connectivity index (χ1n) is 7.41. The highest BCUT2D eigenvalue weighted by atomic mass is 19.4. The predicted molar refractivity (Wildman–Crippen MR) is 77.8 cm³/mol. The fourth-order valence-electron chi connectivity index (χ4n) is 2.94. The highest BCUT2D eigenvalue weighted by molar-refractivity contribution is 5.96. The molecule has 0 radical (unpaired) electrons. The molecule has 0 unspecified atom stereocenters. The van der Waals surface area contributed by atoms with Gasteiger partial charge in [0.25, 0.3) is 5.91 Å². The summed E-state index contributed by atoms with van der Waals surface area (Å²) >= 11 is 0. The van der Waals surface area contributed by atoms with Crippen molar-refractivity contribution >= 4 is 5.91 Å². The third-order valence-electron chi connectivity index (χ3n) is 4.05. The zero-order chi connectivity index (χ0) is 16.4. The lowest BCUT2D eigenvalue weighted by atomic mass is 10.0. The van der Waals surface area contributed by atoms with Crippen LogP contribution in [0.3, 0.4) is 0 Å². The molecule has 1 atom stereocenters. The van der Waals surface area contributed by atoms with E-state index in [1.165, 1.54) is 23.1 Å². The Morgan fingerprint density at radius 1 is 1.22 bits per heavy atom. The van der Waals surface area contributed by atoms with E-state index in [0.717, 1.165) is 18.9 Å². The van der Waals surface area contributed by atoms with Gasteiger partial charge in [0.15, 0.2) is 0 Å². The Kier molecular flexibility index (Phi) is 4.11. The summed E-state index contributed by atoms with van der Waals surface area (Å²) in [5.74, 6) is -0.574. The first kappa shape index (κ1) is 15.6. The van der Waals surface area contributed by atoms with Gasteiger partial charge in [-0.3, -0.25) is 9.48 Å². The van der Waals surface area contributed by atoms with Crippen molar-refractivity contribution in [2.45, 2.75) is 25.1 Å². The Labute approximate surface area is 131 Å². The minimum atomic E-state index is -4.54. The molecule has 1 aliphatic heterocycles. The Morgan fingerprint density at radius 2 is 2.00 bits per heavy atom. The van der Waals surface area contributed by atoms with Crippen LogP contribution in [0.25, 0.3) is 0 Å². The standard InChI is InChI=1S/C16H16F3N3O/c17-16(18,19)14-7-2-1-6-13(14)15(23)21-9-3-5-12(11-21)22-10-4-8-20-22/h1-2,4,6-8,10,12H,3,5,9,11H2/t12-/m0/s1. The maximum atomic E-state index is 13.1. The van der Waals surface area contributed by atoms with Crippen molar-refractivity contribution < 1.29 is 18.0 Å². The van der Waals surface area contributed by atoms with Crippen LogP contribution in [0, 0.1) is 0 Å². The summed E-state index contributed by atoms with van der Waals surface area (Å²) in [7, 11) is 0. The van der Waals surface area contributed by atoms with E-state index in [-0.39, 0.29) is 11.6 Å². The van der Waals surface area contributed by atoms with E-state index in [0.29, 0.717) is 13.1 Å². The summed E-state index contributed by atoms with van der Waals surface area (Å²) in [6.45, 7) is 0.829. The average Bonchev–Trinajstić information content (AvgIpc) is 3.08. The molecule has 1 aromatic carbocycles. The van der Waals surface area contributed by atoms with E-state index in [4.69, 9.17) is 0 Å². The fraction of sp³-hybridized carbons (Fsp3) is 0.375. The van der Waals surface area contributed by atoms with Gasteiger partial charge in [0.05, 0.1) is 17.2 Å². The Morgan fingerprint density at radius 3 is 2.70 bits per heavy atom. The van der Waals surface area contributed by atoms with Crippen molar-refractivity contribution in [3.63, 3.8) is 0 Å². The van der Waals surface area contributed by atoms with Crippen molar-refractivity contribution in [1.29, 1.82) is 0 Å². The number of likely N-dealkylation sites (tertiary alicyclic amines) is 1. The number of benzene rings is 1. The van der Waals surface area contributed by atoms with Crippen molar-refractivity contribution in [3.8, 4) is 0 Å². The number of rotatable bonds is 2. The van der Waals surface area contributed by atoms with Crippen LogP contribution in [0.4, 0.5) is 13.2 Å². The first-order chi connectivity index (χ1) is 11.0. The Hall–Kier alpha value is -2.31. The number of aromatic nitrogens is 2. The molecular weight excluding hydrogens is 307 g/mol. The van der Waals surface area contributed by atoms with Crippen LogP contribution in [0.1, 0.15) is 34.8 Å². The smallest absolute Gasteiger partial charge is 0.336 e. The summed E-state index contributed by atoms with van der Waals surface area (Å²) in [6, 6.07) is 6.73. The largest absolute Gasteiger partial charge is 0.417 e. The molecule has 0 aliphatic carbocycles. The zero-order valence-corrected chi connectivity index (χ0v) is 12.3. The van der Waals surface area contributed by atoms with Gasteiger partial charge in [0.2, 0.25) is 0 Å². The summed E-state index contributed by atoms with van der Waals surface area (Å²) in [5, 5.41) is 4.16. The summed E-state index contributed by atoms with van der Waals surface area (Å²) in [5.41, 5.74) is -1.17. The molecule has 1 aromatic heterocycles. The summed E-state index contributed by atoms with van der Waals surface area (Å²) in [4.78, 5) is 14.1. The molecule has 1 fully saturated rings. The summed E-state index contributed by atoms with van der Waals surface area (Å²) in [6.07, 6.45) is 0.516. The molecule has 122 valence electrons. The van der Waals surface area contributed by atoms with Gasteiger partial charge in [-0.25, -0.2) is 0 Å². The molecule has 0 bridgehead atoms. The second-order valence-electron chi connectivity index (χ2n) is 5.58. The Balaban J connectivity index is 1.83. The lowest BCUT2D eigenvalue weighted by Crippen LogP contribution is -2.41. The zero-order valence-electron chi connectivity index (χ0n) is 12.3. The van der Waals surface area contributed by atoms with Gasteiger partial charge in [-0.2, -0.15) is 18.3 Å². The van der Waals surface area contributed by atoms with Gasteiger partial charge in [0.1, 0.15) is 0 Å². The quantitative estimate of drug-likeness (QED) is 0.850. The number of piperidine rings is 1. The number of alkyl halides is 3. The molecule has 0 saturated carbocycles. The molecular formula is C16H16F3N3O. The lowest BCUT2D eigenvalue weighted by Gasteiger charge is -2.33. The number of carbonyl (C=O) groups excluding carboxylic acids is 1. The van der Waals surface area contributed by atoms with E-state index >= 15 is 0 Å². The maximum absolute atomic E-state index is 13.1. The molecule has 3 rings (SSSR count). The van der Waals surface area contributed by atoms with Crippen LogP contribution in [-0.4, -0.2) is 33.7 Å². The molecule has 0 spiro atoms. The minimum Gasteiger partial charge on any atom is -0.336 e. The van der Waals surface area contributed by atoms with Gasteiger partial charge in [-0.15, -0.1) is 0 Å². The van der Waals surface area contributed by atoms with Crippen LogP contribution < -0.4 is 0 Å². The molecule has 0 N–H and O–H groups in total. The number of carbonyl (C=O) groups is 1. The molecule has 1 aliphatic rings. The van der Waals surface area contributed by atoms with E-state index in [2.05, 4.69) is 5.10 Å². The molecule has 7 heteroatoms. The molecule has 23 heavy (non-hydrogen) atoms. The first-order valence-corrected chi connectivity index (χ1v) is 7.41. The number of nitrogens with zero attached hydrogens (tertiary/aromatic N) is 3. The van der Waals surface area contributed by atoms with E-state index in [1.807, 2.05) is 6.20 Å². The highest BCUT2D eigenvalue weighted by Gasteiger charge is 2.36. The van der Waals surface area contributed by atoms with Gasteiger partial charge in [0, 0.05) is 25.5 Å². The van der Waals surface area contributed by atoms with Crippen molar-refractivity contribution in [2.75, 3.05) is 13.1 Å². The lowest BCUT2D eigenvalue weighted by molar-refractivity contribution is -0.138. The van der Waals surface area contributed by atoms with Crippen LogP contribution in [0.5, 0.6) is 0 Å². The van der Waals surface area contributed by atoms with Crippen LogP contribution in [0.15, 0.2) is 42.7 Å². The van der Waals surface area contributed by atoms with E-state index in [9.17, 15) is 18.0 Å². The number of amides is 1. The third kappa shape index (κ3) is 3.23. The third-order valence-corrected chi connectivity index (χ3v) is 4.05. The fourth-order valence-corrected chi connectivity index (χ4v) is 2.94. The van der Waals surface area contributed by atoms with Crippen LogP contribution in [0.2, 0.25) is 0 Å². The molecule has 2 aromatic rings. The summed E-state index contributed by atoms with van der Waals surface area (Å²) < 4.78 is 41.0. The number of hydrogen-bond donors (Lipinski definition) is 0. The van der Waals surface area contributed by atoms with E-state index < -0.39 is 17.6 Å². The normalized spacial score (nSPS) is 18.9. The van der Waals surface area contributed by atoms with Gasteiger partial charge in [-0.05, 0) is 31.0 Å². The predicted octanol–water partition coefficient (Wildman–Crippen LogP) is 3.38. The SMILES string of the molecule is O=C(c1ccccc1C(F)(F)F)N1CCC[C@H](n2cccn2)C1. The molecule has 1 saturated heterocycles. The minimum absolute atomic E-state index is 0.000693. The average molecular weight is 323 g/mol. The maximum Gasteiger partial charge on any atom is 0.417 e.